The van der Waals surface area contributed by atoms with Crippen LogP contribution in [0.1, 0.15) is 12.5 Å². The van der Waals surface area contributed by atoms with E-state index in [2.05, 4.69) is 20.3 Å². The molecule has 0 saturated carbocycles. The number of nitriles is 1. The normalized spacial score (nSPS) is 9.81. The van der Waals surface area contributed by atoms with Gasteiger partial charge in [-0.3, -0.25) is 0 Å². The van der Waals surface area contributed by atoms with Crippen LogP contribution in [-0.4, -0.2) is 28.6 Å². The highest BCUT2D eigenvalue weighted by Gasteiger charge is 2.11. The Morgan fingerprint density at radius 1 is 1.29 bits per heavy atom. The highest BCUT2D eigenvalue weighted by Crippen LogP contribution is 2.31. The summed E-state index contributed by atoms with van der Waals surface area (Å²) in [6.45, 7) is 2.54. The van der Waals surface area contributed by atoms with Crippen molar-refractivity contribution in [3.63, 3.8) is 0 Å². The van der Waals surface area contributed by atoms with Gasteiger partial charge in [-0.1, -0.05) is 0 Å². The topological polar surface area (TPSA) is 93.0 Å². The van der Waals surface area contributed by atoms with E-state index in [0.29, 0.717) is 29.6 Å². The van der Waals surface area contributed by atoms with E-state index in [1.165, 1.54) is 7.11 Å². The Balaban J connectivity index is 2.31. The molecule has 0 aliphatic carbocycles. The highest BCUT2D eigenvalue weighted by molar-refractivity contribution is 6.28. The second-order valence-electron chi connectivity index (χ2n) is 3.82. The fourth-order valence-corrected chi connectivity index (χ4v) is 1.69. The molecule has 1 aromatic carbocycles. The van der Waals surface area contributed by atoms with Crippen LogP contribution in [0.25, 0.3) is 0 Å². The van der Waals surface area contributed by atoms with Gasteiger partial charge in [0, 0.05) is 12.6 Å². The zero-order valence-electron chi connectivity index (χ0n) is 11.4. The van der Waals surface area contributed by atoms with Crippen LogP contribution in [0.3, 0.4) is 0 Å². The lowest BCUT2D eigenvalue weighted by Crippen LogP contribution is -2.05. The zero-order chi connectivity index (χ0) is 15.2. The molecule has 0 amide bonds. The summed E-state index contributed by atoms with van der Waals surface area (Å²) >= 11 is 5.82. The average Bonchev–Trinajstić information content (AvgIpc) is 2.47. The number of hydrogen-bond acceptors (Lipinski definition) is 7. The standard InChI is InChI=1S/C13H12ClN5O2/c1-3-16-12-17-11(14)18-13(19-12)21-9-5-4-8(7-15)6-10(9)20-2/h4-6H,3H2,1-2H3,(H,16,17,18,19). The van der Waals surface area contributed by atoms with Crippen molar-refractivity contribution < 1.29 is 9.47 Å². The molecule has 21 heavy (non-hydrogen) atoms. The molecular formula is C13H12ClN5O2. The molecule has 0 spiro atoms. The van der Waals surface area contributed by atoms with Crippen molar-refractivity contribution in [1.82, 2.24) is 15.0 Å². The van der Waals surface area contributed by atoms with E-state index in [9.17, 15) is 0 Å². The van der Waals surface area contributed by atoms with Crippen molar-refractivity contribution in [1.29, 1.82) is 5.26 Å². The van der Waals surface area contributed by atoms with Crippen LogP contribution < -0.4 is 14.8 Å². The first-order valence-electron chi connectivity index (χ1n) is 6.07. The molecule has 0 radical (unpaired) electrons. The quantitative estimate of drug-likeness (QED) is 0.907. The third-order valence-electron chi connectivity index (χ3n) is 2.42. The summed E-state index contributed by atoms with van der Waals surface area (Å²) in [5, 5.41) is 11.8. The van der Waals surface area contributed by atoms with Gasteiger partial charge in [-0.05, 0) is 30.7 Å². The smallest absolute Gasteiger partial charge is 0.328 e. The van der Waals surface area contributed by atoms with E-state index in [0.717, 1.165) is 0 Å². The summed E-state index contributed by atoms with van der Waals surface area (Å²) in [6.07, 6.45) is 0. The third kappa shape index (κ3) is 3.70. The van der Waals surface area contributed by atoms with Crippen LogP contribution in [0.4, 0.5) is 5.95 Å². The van der Waals surface area contributed by atoms with Gasteiger partial charge in [-0.25, -0.2) is 0 Å². The predicted octanol–water partition coefficient (Wildman–Crippen LogP) is 2.63. The van der Waals surface area contributed by atoms with Gasteiger partial charge in [-0.2, -0.15) is 20.2 Å². The molecule has 0 aliphatic heterocycles. The van der Waals surface area contributed by atoms with Crippen LogP contribution in [-0.2, 0) is 0 Å². The second kappa shape index (κ2) is 6.72. The number of methoxy groups -OCH3 is 1. The van der Waals surface area contributed by atoms with Crippen LogP contribution in [0, 0.1) is 11.3 Å². The first-order chi connectivity index (χ1) is 10.2. The summed E-state index contributed by atoms with van der Waals surface area (Å²) < 4.78 is 10.7. The SMILES string of the molecule is CCNc1nc(Cl)nc(Oc2ccc(C#N)cc2OC)n1. The summed E-state index contributed by atoms with van der Waals surface area (Å²) in [4.78, 5) is 11.9. The maximum atomic E-state index is 8.86. The minimum absolute atomic E-state index is 0.0172. The Kier molecular flexibility index (Phi) is 4.74. The molecule has 2 rings (SSSR count). The van der Waals surface area contributed by atoms with Gasteiger partial charge in [0.15, 0.2) is 11.5 Å². The monoisotopic (exact) mass is 305 g/mol. The molecule has 108 valence electrons. The number of nitrogens with one attached hydrogen (secondary N) is 1. The van der Waals surface area contributed by atoms with E-state index in [4.69, 9.17) is 26.3 Å². The lowest BCUT2D eigenvalue weighted by Gasteiger charge is -2.10. The number of halogens is 1. The van der Waals surface area contributed by atoms with Gasteiger partial charge >= 0.3 is 6.01 Å². The molecule has 0 unspecified atom stereocenters. The van der Waals surface area contributed by atoms with Crippen molar-refractivity contribution >= 4 is 17.5 Å². The molecular weight excluding hydrogens is 294 g/mol. The van der Waals surface area contributed by atoms with Gasteiger partial charge in [0.1, 0.15) is 0 Å². The largest absolute Gasteiger partial charge is 0.493 e. The van der Waals surface area contributed by atoms with Crippen molar-refractivity contribution in [2.45, 2.75) is 6.92 Å². The molecule has 1 heterocycles. The van der Waals surface area contributed by atoms with E-state index < -0.39 is 0 Å². The number of hydrogen-bond donors (Lipinski definition) is 1. The highest BCUT2D eigenvalue weighted by atomic mass is 35.5. The van der Waals surface area contributed by atoms with Crippen LogP contribution in [0.5, 0.6) is 17.5 Å². The minimum atomic E-state index is 0.0172. The average molecular weight is 306 g/mol. The molecule has 0 aliphatic rings. The molecule has 0 bridgehead atoms. The summed E-state index contributed by atoms with van der Waals surface area (Å²) in [5.74, 6) is 1.09. The molecule has 0 saturated heterocycles. The Morgan fingerprint density at radius 2 is 2.10 bits per heavy atom. The van der Waals surface area contributed by atoms with Gasteiger partial charge in [0.2, 0.25) is 11.2 Å². The summed E-state index contributed by atoms with van der Waals surface area (Å²) in [5.41, 5.74) is 0.459. The van der Waals surface area contributed by atoms with Gasteiger partial charge in [0.05, 0.1) is 18.7 Å². The number of anilines is 1. The second-order valence-corrected chi connectivity index (χ2v) is 4.16. The molecule has 1 aromatic heterocycles. The van der Waals surface area contributed by atoms with Crippen molar-refractivity contribution in [3.05, 3.63) is 29.0 Å². The van der Waals surface area contributed by atoms with Crippen molar-refractivity contribution in [2.75, 3.05) is 19.0 Å². The first-order valence-corrected chi connectivity index (χ1v) is 6.45. The van der Waals surface area contributed by atoms with Crippen molar-refractivity contribution in [3.8, 4) is 23.6 Å². The van der Waals surface area contributed by atoms with E-state index in [1.54, 1.807) is 18.2 Å². The fraction of sp³-hybridized carbons (Fsp3) is 0.231. The maximum absolute atomic E-state index is 8.86. The number of nitrogens with zero attached hydrogens (tertiary/aromatic N) is 4. The molecule has 0 atom stereocenters. The maximum Gasteiger partial charge on any atom is 0.328 e. The lowest BCUT2D eigenvalue weighted by molar-refractivity contribution is 0.367. The molecule has 2 aromatic rings. The Morgan fingerprint density at radius 3 is 2.76 bits per heavy atom. The van der Waals surface area contributed by atoms with Crippen LogP contribution in [0.2, 0.25) is 5.28 Å². The van der Waals surface area contributed by atoms with Crippen molar-refractivity contribution in [2.24, 2.45) is 0 Å². The fourth-order valence-electron chi connectivity index (χ4n) is 1.53. The minimum Gasteiger partial charge on any atom is -0.493 e. The molecule has 7 nitrogen and oxygen atoms in total. The number of aromatic nitrogens is 3. The molecule has 1 N–H and O–H groups in total. The first kappa shape index (κ1) is 14.8. The van der Waals surface area contributed by atoms with E-state index in [-0.39, 0.29) is 11.3 Å². The van der Waals surface area contributed by atoms with Crippen LogP contribution in [0.15, 0.2) is 18.2 Å². The Labute approximate surface area is 126 Å². The zero-order valence-corrected chi connectivity index (χ0v) is 12.2. The summed E-state index contributed by atoms with van der Waals surface area (Å²) in [7, 11) is 1.48. The van der Waals surface area contributed by atoms with Gasteiger partial charge in [0.25, 0.3) is 0 Å². The van der Waals surface area contributed by atoms with Crippen LogP contribution >= 0.6 is 11.6 Å². The van der Waals surface area contributed by atoms with E-state index >= 15 is 0 Å². The number of rotatable bonds is 5. The third-order valence-corrected chi connectivity index (χ3v) is 2.59. The summed E-state index contributed by atoms with van der Waals surface area (Å²) in [6, 6.07) is 6.82. The Bertz CT molecular complexity index is 687. The van der Waals surface area contributed by atoms with E-state index in [1.807, 2.05) is 13.0 Å². The number of ether oxygens (including phenoxy) is 2. The Hall–Kier alpha value is -2.59. The molecule has 8 heteroatoms. The van der Waals surface area contributed by atoms with Gasteiger partial charge < -0.3 is 14.8 Å². The molecule has 0 fully saturated rings. The lowest BCUT2D eigenvalue weighted by atomic mass is 10.2. The number of benzene rings is 1. The van der Waals surface area contributed by atoms with Gasteiger partial charge in [-0.15, -0.1) is 0 Å². The predicted molar refractivity (Wildman–Crippen MR) is 76.8 cm³/mol.